The number of piperidine rings is 1. The lowest BCUT2D eigenvalue weighted by Crippen LogP contribution is -2.71. The molecule has 2 N–H and O–H groups in total. The maximum atomic E-state index is 11.5. The molecule has 1 aliphatic heterocycles. The van der Waals surface area contributed by atoms with Crippen molar-refractivity contribution in [3.8, 4) is 5.75 Å². The van der Waals surface area contributed by atoms with E-state index in [0.29, 0.717) is 0 Å². The fourth-order valence-electron chi connectivity index (χ4n) is 5.12. The molecule has 3 nitrogen and oxygen atoms in total. The summed E-state index contributed by atoms with van der Waals surface area (Å²) in [5, 5.41) is 15.0. The van der Waals surface area contributed by atoms with Gasteiger partial charge in [0.05, 0.1) is 12.7 Å². The molecule has 2 bridgehead atoms. The van der Waals surface area contributed by atoms with Crippen molar-refractivity contribution < 1.29 is 9.84 Å². The SMILES string of the molecule is COc1cccc2c1C[C@H]1NCC[C@@]23CCCC[C@@]13O. The summed E-state index contributed by atoms with van der Waals surface area (Å²) in [5.74, 6) is 0.989. The molecular formula is C17H23NO2. The third-order valence-electron chi connectivity index (χ3n) is 6.04. The molecule has 0 radical (unpaired) electrons. The van der Waals surface area contributed by atoms with Gasteiger partial charge >= 0.3 is 0 Å². The Morgan fingerprint density at radius 1 is 1.25 bits per heavy atom. The van der Waals surface area contributed by atoms with Crippen molar-refractivity contribution in [1.82, 2.24) is 5.32 Å². The molecule has 1 aromatic rings. The Morgan fingerprint density at radius 2 is 2.10 bits per heavy atom. The van der Waals surface area contributed by atoms with Crippen molar-refractivity contribution in [3.05, 3.63) is 29.3 Å². The summed E-state index contributed by atoms with van der Waals surface area (Å²) in [6, 6.07) is 6.55. The average molecular weight is 273 g/mol. The van der Waals surface area contributed by atoms with E-state index in [9.17, 15) is 5.11 Å². The number of hydrogen-bond acceptors (Lipinski definition) is 3. The number of rotatable bonds is 1. The number of nitrogens with one attached hydrogen (secondary N) is 1. The topological polar surface area (TPSA) is 41.5 Å². The maximum absolute atomic E-state index is 11.5. The molecule has 1 aromatic carbocycles. The van der Waals surface area contributed by atoms with Gasteiger partial charge in [-0.25, -0.2) is 0 Å². The highest BCUT2D eigenvalue weighted by Crippen LogP contribution is 2.57. The van der Waals surface area contributed by atoms with Gasteiger partial charge in [0.2, 0.25) is 0 Å². The zero-order chi connectivity index (χ0) is 13.8. The third kappa shape index (κ3) is 1.38. The minimum atomic E-state index is -0.567. The van der Waals surface area contributed by atoms with Crippen LogP contribution < -0.4 is 10.1 Å². The summed E-state index contributed by atoms with van der Waals surface area (Å²) in [5.41, 5.74) is 2.06. The first kappa shape index (κ1) is 12.7. The number of aliphatic hydroxyl groups is 1. The van der Waals surface area contributed by atoms with Crippen LogP contribution >= 0.6 is 0 Å². The highest BCUT2D eigenvalue weighted by molar-refractivity contribution is 5.51. The lowest BCUT2D eigenvalue weighted by molar-refractivity contribution is -0.124. The molecule has 20 heavy (non-hydrogen) atoms. The molecular weight excluding hydrogens is 250 g/mol. The van der Waals surface area contributed by atoms with Crippen LogP contribution in [0.15, 0.2) is 18.2 Å². The van der Waals surface area contributed by atoms with E-state index in [1.165, 1.54) is 17.5 Å². The smallest absolute Gasteiger partial charge is 0.122 e. The van der Waals surface area contributed by atoms with E-state index in [-0.39, 0.29) is 11.5 Å². The van der Waals surface area contributed by atoms with E-state index < -0.39 is 5.60 Å². The number of benzene rings is 1. The standard InChI is InChI=1S/C17H23NO2/c1-20-14-6-4-5-13-12(14)11-15-17(19)8-3-2-7-16(13,17)9-10-18-15/h4-6,15,18-19H,2-3,7-11H2,1H3/t15-,16+,17-/m1/s1. The first-order chi connectivity index (χ1) is 9.71. The summed E-state index contributed by atoms with van der Waals surface area (Å²) in [7, 11) is 1.75. The number of hydrogen-bond donors (Lipinski definition) is 2. The molecule has 2 fully saturated rings. The molecule has 1 saturated heterocycles. The molecule has 108 valence electrons. The average Bonchev–Trinajstić information content (AvgIpc) is 2.46. The molecule has 1 heterocycles. The van der Waals surface area contributed by atoms with E-state index in [0.717, 1.165) is 44.4 Å². The summed E-state index contributed by atoms with van der Waals surface area (Å²) < 4.78 is 5.58. The lowest BCUT2D eigenvalue weighted by atomic mass is 9.50. The first-order valence-electron chi connectivity index (χ1n) is 7.83. The minimum Gasteiger partial charge on any atom is -0.496 e. The van der Waals surface area contributed by atoms with Crippen molar-refractivity contribution >= 4 is 0 Å². The Morgan fingerprint density at radius 3 is 2.95 bits per heavy atom. The normalized spacial score (nSPS) is 38.8. The minimum absolute atomic E-state index is 0.0523. The Balaban J connectivity index is 1.96. The second kappa shape index (κ2) is 4.22. The molecule has 3 heteroatoms. The van der Waals surface area contributed by atoms with Gasteiger partial charge in [0.1, 0.15) is 5.75 Å². The number of ether oxygens (including phenoxy) is 1. The van der Waals surface area contributed by atoms with Gasteiger partial charge in [0, 0.05) is 11.5 Å². The van der Waals surface area contributed by atoms with Crippen LogP contribution in [-0.4, -0.2) is 30.4 Å². The van der Waals surface area contributed by atoms with Crippen LogP contribution in [0.1, 0.15) is 43.2 Å². The Bertz CT molecular complexity index is 540. The highest BCUT2D eigenvalue weighted by Gasteiger charge is 2.61. The summed E-state index contributed by atoms with van der Waals surface area (Å²) >= 11 is 0. The van der Waals surface area contributed by atoms with E-state index in [2.05, 4.69) is 23.5 Å². The van der Waals surface area contributed by atoms with Gasteiger partial charge in [0.25, 0.3) is 0 Å². The van der Waals surface area contributed by atoms with Crippen molar-refractivity contribution in [1.29, 1.82) is 0 Å². The third-order valence-corrected chi connectivity index (χ3v) is 6.04. The summed E-state index contributed by atoms with van der Waals surface area (Å²) in [6.07, 6.45) is 6.35. The lowest BCUT2D eigenvalue weighted by Gasteiger charge is -2.61. The zero-order valence-electron chi connectivity index (χ0n) is 12.1. The van der Waals surface area contributed by atoms with Crippen LogP contribution in [0, 0.1) is 0 Å². The van der Waals surface area contributed by atoms with Crippen LogP contribution in [0.4, 0.5) is 0 Å². The van der Waals surface area contributed by atoms with Crippen molar-refractivity contribution in [3.63, 3.8) is 0 Å². The Kier molecular flexibility index (Phi) is 2.67. The second-order valence-corrected chi connectivity index (χ2v) is 6.66. The van der Waals surface area contributed by atoms with E-state index in [4.69, 9.17) is 4.74 Å². The van der Waals surface area contributed by atoms with Crippen molar-refractivity contribution in [2.45, 2.75) is 55.6 Å². The van der Waals surface area contributed by atoms with Gasteiger partial charge in [-0.3, -0.25) is 0 Å². The predicted octanol–water partition coefficient (Wildman–Crippen LogP) is 2.16. The van der Waals surface area contributed by atoms with Crippen LogP contribution in [0.25, 0.3) is 0 Å². The summed E-state index contributed by atoms with van der Waals surface area (Å²) in [4.78, 5) is 0. The quantitative estimate of drug-likeness (QED) is 0.824. The predicted molar refractivity (Wildman–Crippen MR) is 78.2 cm³/mol. The second-order valence-electron chi connectivity index (χ2n) is 6.66. The molecule has 1 saturated carbocycles. The molecule has 0 unspecified atom stereocenters. The molecule has 0 aromatic heterocycles. The Hall–Kier alpha value is -1.06. The van der Waals surface area contributed by atoms with Gasteiger partial charge < -0.3 is 15.2 Å². The van der Waals surface area contributed by atoms with Gasteiger partial charge in [-0.1, -0.05) is 25.0 Å². The summed E-state index contributed by atoms with van der Waals surface area (Å²) in [6.45, 7) is 1.02. The number of methoxy groups -OCH3 is 1. The molecule has 2 aliphatic carbocycles. The molecule has 3 atom stereocenters. The van der Waals surface area contributed by atoms with Crippen molar-refractivity contribution in [2.24, 2.45) is 0 Å². The largest absolute Gasteiger partial charge is 0.496 e. The Labute approximate surface area is 120 Å². The van der Waals surface area contributed by atoms with E-state index >= 15 is 0 Å². The maximum Gasteiger partial charge on any atom is 0.122 e. The zero-order valence-corrected chi connectivity index (χ0v) is 12.1. The van der Waals surface area contributed by atoms with Crippen molar-refractivity contribution in [2.75, 3.05) is 13.7 Å². The first-order valence-corrected chi connectivity index (χ1v) is 7.83. The van der Waals surface area contributed by atoms with Gasteiger partial charge in [-0.05, 0) is 49.4 Å². The fourth-order valence-corrected chi connectivity index (χ4v) is 5.12. The fraction of sp³-hybridized carbons (Fsp3) is 0.647. The van der Waals surface area contributed by atoms with Crippen LogP contribution in [0.2, 0.25) is 0 Å². The van der Waals surface area contributed by atoms with Crippen LogP contribution in [0.3, 0.4) is 0 Å². The van der Waals surface area contributed by atoms with Gasteiger partial charge in [-0.15, -0.1) is 0 Å². The van der Waals surface area contributed by atoms with E-state index in [1.54, 1.807) is 7.11 Å². The number of fused-ring (bicyclic) bond motifs is 1. The molecule has 4 rings (SSSR count). The monoisotopic (exact) mass is 273 g/mol. The van der Waals surface area contributed by atoms with Crippen LogP contribution in [0.5, 0.6) is 5.75 Å². The van der Waals surface area contributed by atoms with Gasteiger partial charge in [-0.2, -0.15) is 0 Å². The molecule has 0 spiro atoms. The highest BCUT2D eigenvalue weighted by atomic mass is 16.5. The van der Waals surface area contributed by atoms with E-state index in [1.807, 2.05) is 0 Å². The van der Waals surface area contributed by atoms with Gasteiger partial charge in [0.15, 0.2) is 0 Å². The molecule has 0 amide bonds. The molecule has 3 aliphatic rings. The van der Waals surface area contributed by atoms with Crippen LogP contribution in [-0.2, 0) is 11.8 Å².